The number of hydrogen-bond acceptors (Lipinski definition) is 6. The fourth-order valence-electron chi connectivity index (χ4n) is 4.39. The first-order valence-electron chi connectivity index (χ1n) is 11.4. The number of furan rings is 1. The summed E-state index contributed by atoms with van der Waals surface area (Å²) in [5.74, 6) is 0.470. The molecule has 0 aliphatic carbocycles. The molecule has 0 atom stereocenters. The minimum atomic E-state index is -4.38. The van der Waals surface area contributed by atoms with E-state index >= 15 is 0 Å². The van der Waals surface area contributed by atoms with Gasteiger partial charge in [0.25, 0.3) is 5.91 Å². The molecule has 0 unspecified atom stereocenters. The first-order chi connectivity index (χ1) is 17.6. The van der Waals surface area contributed by atoms with Gasteiger partial charge in [-0.25, -0.2) is 4.98 Å². The average Bonchev–Trinajstić information content (AvgIpc) is 3.52. The van der Waals surface area contributed by atoms with E-state index in [9.17, 15) is 24.4 Å². The van der Waals surface area contributed by atoms with E-state index in [1.54, 1.807) is 47.4 Å². The predicted octanol–water partition coefficient (Wildman–Crippen LogP) is 3.59. The van der Waals surface area contributed by atoms with Crippen molar-refractivity contribution in [2.75, 3.05) is 5.32 Å². The second-order valence-corrected chi connectivity index (χ2v) is 10.3. The van der Waals surface area contributed by atoms with Crippen molar-refractivity contribution in [3.8, 4) is 6.07 Å². The number of imidazole rings is 1. The Bertz CT molecular complexity index is 1770. The fourth-order valence-corrected chi connectivity index (χ4v) is 4.93. The van der Waals surface area contributed by atoms with E-state index < -0.39 is 13.5 Å². The number of benzene rings is 2. The number of aryl methyl sites for hydroxylation is 3. The van der Waals surface area contributed by atoms with Gasteiger partial charge in [-0.15, -0.1) is 0 Å². The van der Waals surface area contributed by atoms with Crippen LogP contribution in [0.15, 0.2) is 46.9 Å². The van der Waals surface area contributed by atoms with Crippen molar-refractivity contribution in [2.24, 2.45) is 0 Å². The standard InChI is InChI=1S/C25H23N6O5P/c1-4-31-21(9-14(2)29-31)24(32)28-25-27-20-11-17(12-26)23-19(10-15(3)36-23)22(20)30(25)13-16-5-7-18(8-6-16)37(33,34)35/h5-11H,4,13H2,1-3H3,(H,27,28,32)(H2,33,34,35). The SMILES string of the molecule is CCn1nc(C)cc1C(=O)Nc1nc2cc(C#N)c3oc(C)cc3c2n1Cc1ccc(P(=O)(O)O)cc1. The van der Waals surface area contributed by atoms with Gasteiger partial charge in [0, 0.05) is 11.9 Å². The lowest BCUT2D eigenvalue weighted by Crippen LogP contribution is -2.20. The van der Waals surface area contributed by atoms with Crippen molar-refractivity contribution < 1.29 is 23.6 Å². The molecule has 0 spiro atoms. The summed E-state index contributed by atoms with van der Waals surface area (Å²) in [7, 11) is -4.38. The third kappa shape index (κ3) is 4.42. The molecule has 12 heteroatoms. The highest BCUT2D eigenvalue weighted by Gasteiger charge is 2.23. The number of hydrogen-bond donors (Lipinski definition) is 3. The summed E-state index contributed by atoms with van der Waals surface area (Å²) in [5.41, 5.74) is 3.70. The normalized spacial score (nSPS) is 11.8. The lowest BCUT2D eigenvalue weighted by Gasteiger charge is -2.12. The molecule has 0 fully saturated rings. The maximum absolute atomic E-state index is 13.3. The molecule has 5 rings (SSSR count). The zero-order valence-electron chi connectivity index (χ0n) is 20.3. The van der Waals surface area contributed by atoms with Crippen molar-refractivity contribution in [2.45, 2.75) is 33.9 Å². The van der Waals surface area contributed by atoms with E-state index in [0.29, 0.717) is 51.3 Å². The number of carbonyl (C=O) groups is 1. The Morgan fingerprint density at radius 2 is 1.92 bits per heavy atom. The van der Waals surface area contributed by atoms with Crippen LogP contribution >= 0.6 is 7.60 Å². The first-order valence-corrected chi connectivity index (χ1v) is 13.0. The number of amides is 1. The Labute approximate surface area is 211 Å². The third-order valence-corrected chi connectivity index (χ3v) is 6.99. The van der Waals surface area contributed by atoms with Crippen molar-refractivity contribution in [3.63, 3.8) is 0 Å². The van der Waals surface area contributed by atoms with Crippen molar-refractivity contribution >= 4 is 46.8 Å². The Hall–Kier alpha value is -4.23. The van der Waals surface area contributed by atoms with Gasteiger partial charge >= 0.3 is 7.60 Å². The van der Waals surface area contributed by atoms with Gasteiger partial charge in [-0.2, -0.15) is 10.4 Å². The molecule has 11 nitrogen and oxygen atoms in total. The number of nitriles is 1. The lowest BCUT2D eigenvalue weighted by atomic mass is 10.1. The fraction of sp³-hybridized carbons (Fsp3) is 0.200. The Morgan fingerprint density at radius 3 is 2.57 bits per heavy atom. The summed E-state index contributed by atoms with van der Waals surface area (Å²) in [4.78, 5) is 36.8. The van der Waals surface area contributed by atoms with E-state index in [4.69, 9.17) is 4.42 Å². The number of aromatic nitrogens is 4. The number of rotatable bonds is 6. The van der Waals surface area contributed by atoms with E-state index in [1.165, 1.54) is 12.1 Å². The number of carbonyl (C=O) groups excluding carboxylic acids is 1. The van der Waals surface area contributed by atoms with Crippen LogP contribution in [-0.4, -0.2) is 35.0 Å². The average molecular weight is 518 g/mol. The second-order valence-electron chi connectivity index (χ2n) is 8.68. The summed E-state index contributed by atoms with van der Waals surface area (Å²) in [6.07, 6.45) is 0. The van der Waals surface area contributed by atoms with Crippen LogP contribution in [0.2, 0.25) is 0 Å². The van der Waals surface area contributed by atoms with E-state index in [1.807, 2.05) is 13.0 Å². The van der Waals surface area contributed by atoms with Gasteiger partial charge in [-0.05, 0) is 56.7 Å². The zero-order valence-corrected chi connectivity index (χ0v) is 21.2. The molecule has 3 heterocycles. The number of nitrogens with zero attached hydrogens (tertiary/aromatic N) is 5. The predicted molar refractivity (Wildman–Crippen MR) is 137 cm³/mol. The monoisotopic (exact) mass is 518 g/mol. The lowest BCUT2D eigenvalue weighted by molar-refractivity contribution is 0.101. The molecule has 188 valence electrons. The minimum Gasteiger partial charge on any atom is -0.460 e. The Balaban J connectivity index is 1.67. The second kappa shape index (κ2) is 9.01. The first kappa shape index (κ1) is 24.5. The molecule has 0 aliphatic rings. The molecule has 3 aromatic heterocycles. The van der Waals surface area contributed by atoms with E-state index in [2.05, 4.69) is 21.5 Å². The molecule has 0 radical (unpaired) electrons. The minimum absolute atomic E-state index is 0.0880. The van der Waals surface area contributed by atoms with Crippen LogP contribution in [0.4, 0.5) is 5.95 Å². The van der Waals surface area contributed by atoms with E-state index in [-0.39, 0.29) is 17.8 Å². The van der Waals surface area contributed by atoms with Gasteiger partial charge < -0.3 is 18.8 Å². The molecular weight excluding hydrogens is 495 g/mol. The molecule has 0 aliphatic heterocycles. The van der Waals surface area contributed by atoms with Gasteiger partial charge in [-0.3, -0.25) is 19.4 Å². The summed E-state index contributed by atoms with van der Waals surface area (Å²) in [5, 5.41) is 17.5. The van der Waals surface area contributed by atoms with Gasteiger partial charge in [0.05, 0.1) is 34.1 Å². The van der Waals surface area contributed by atoms with Crippen LogP contribution in [0.1, 0.15) is 40.0 Å². The summed E-state index contributed by atoms with van der Waals surface area (Å²) < 4.78 is 20.8. The maximum atomic E-state index is 13.3. The highest BCUT2D eigenvalue weighted by atomic mass is 31.2. The molecule has 0 saturated carbocycles. The van der Waals surface area contributed by atoms with Crippen LogP contribution in [0.3, 0.4) is 0 Å². The topological polar surface area (TPSA) is 159 Å². The quantitative estimate of drug-likeness (QED) is 0.288. The van der Waals surface area contributed by atoms with Gasteiger partial charge in [0.1, 0.15) is 17.5 Å². The summed E-state index contributed by atoms with van der Waals surface area (Å²) in [6.45, 7) is 6.22. The largest absolute Gasteiger partial charge is 0.460 e. The smallest absolute Gasteiger partial charge is 0.356 e. The molecule has 0 saturated heterocycles. The van der Waals surface area contributed by atoms with Crippen LogP contribution in [0.25, 0.3) is 22.0 Å². The van der Waals surface area contributed by atoms with Crippen LogP contribution < -0.4 is 10.6 Å². The Kier molecular flexibility index (Phi) is 5.96. The van der Waals surface area contributed by atoms with Gasteiger partial charge in [-0.1, -0.05) is 12.1 Å². The van der Waals surface area contributed by atoms with E-state index in [0.717, 1.165) is 5.56 Å². The highest BCUT2D eigenvalue weighted by Crippen LogP contribution is 2.35. The molecule has 0 bridgehead atoms. The molecule has 1 amide bonds. The van der Waals surface area contributed by atoms with Crippen LogP contribution in [0, 0.1) is 25.2 Å². The van der Waals surface area contributed by atoms with Crippen molar-refractivity contribution in [1.29, 1.82) is 5.26 Å². The molecule has 37 heavy (non-hydrogen) atoms. The highest BCUT2D eigenvalue weighted by molar-refractivity contribution is 7.60. The number of anilines is 1. The van der Waals surface area contributed by atoms with Gasteiger partial charge in [0.2, 0.25) is 5.95 Å². The number of fused-ring (bicyclic) bond motifs is 3. The zero-order chi connectivity index (χ0) is 26.5. The molecular formula is C25H23N6O5P. The third-order valence-electron chi connectivity index (χ3n) is 6.02. The van der Waals surface area contributed by atoms with Crippen molar-refractivity contribution in [1.82, 2.24) is 19.3 Å². The van der Waals surface area contributed by atoms with Gasteiger partial charge in [0.15, 0.2) is 5.58 Å². The Morgan fingerprint density at radius 1 is 1.19 bits per heavy atom. The van der Waals surface area contributed by atoms with Crippen LogP contribution in [0.5, 0.6) is 0 Å². The van der Waals surface area contributed by atoms with Crippen LogP contribution in [-0.2, 0) is 17.7 Å². The summed E-state index contributed by atoms with van der Waals surface area (Å²) >= 11 is 0. The van der Waals surface area contributed by atoms with Crippen molar-refractivity contribution in [3.05, 3.63) is 70.7 Å². The molecule has 3 N–H and O–H groups in total. The maximum Gasteiger partial charge on any atom is 0.356 e. The number of nitrogens with one attached hydrogen (secondary N) is 1. The molecule has 5 aromatic rings. The molecule has 2 aromatic carbocycles. The summed E-state index contributed by atoms with van der Waals surface area (Å²) in [6, 6.07) is 13.2.